The SMILES string of the molecule is C=C(C)C(=C)CSCc1ccc2c(c1)CCc1cc(/C=C/c3ccc(CC)cc3C)ccc1-2.C=CC.O=Cc1ccc(CS)cc1. The van der Waals surface area contributed by atoms with E-state index in [-0.39, 0.29) is 0 Å². The van der Waals surface area contributed by atoms with Crippen LogP contribution in [0, 0.1) is 6.92 Å². The second-order valence-electron chi connectivity index (χ2n) is 11.6. The maximum absolute atomic E-state index is 10.2. The Kier molecular flexibility index (Phi) is 15.2. The summed E-state index contributed by atoms with van der Waals surface area (Å²) < 4.78 is 0. The van der Waals surface area contributed by atoms with E-state index in [2.05, 4.69) is 113 Å². The third-order valence-electron chi connectivity index (χ3n) is 7.90. The number of fused-ring (bicyclic) bond motifs is 3. The highest BCUT2D eigenvalue weighted by Crippen LogP contribution is 2.35. The summed E-state index contributed by atoms with van der Waals surface area (Å²) in [4.78, 5) is 10.2. The molecule has 1 aliphatic carbocycles. The summed E-state index contributed by atoms with van der Waals surface area (Å²) in [5.41, 5.74) is 16.5. The number of aldehydes is 1. The molecule has 4 aromatic rings. The molecule has 0 amide bonds. The van der Waals surface area contributed by atoms with Crippen molar-refractivity contribution in [3.8, 4) is 11.1 Å². The molecule has 0 aliphatic heterocycles. The third-order valence-corrected chi connectivity index (χ3v) is 9.35. The highest BCUT2D eigenvalue weighted by atomic mass is 32.2. The molecule has 0 radical (unpaired) electrons. The Labute approximate surface area is 287 Å². The third kappa shape index (κ3) is 10.9. The van der Waals surface area contributed by atoms with Crippen LogP contribution in [-0.4, -0.2) is 12.0 Å². The van der Waals surface area contributed by atoms with Crippen LogP contribution in [0.3, 0.4) is 0 Å². The molecule has 5 rings (SSSR count). The molecule has 1 nitrogen and oxygen atoms in total. The molecular formula is C43H48OS2. The highest BCUT2D eigenvalue weighted by molar-refractivity contribution is 7.98. The topological polar surface area (TPSA) is 17.1 Å². The second-order valence-corrected chi connectivity index (χ2v) is 12.9. The monoisotopic (exact) mass is 644 g/mol. The maximum atomic E-state index is 10.2. The van der Waals surface area contributed by atoms with Crippen LogP contribution in [0.1, 0.15) is 75.6 Å². The summed E-state index contributed by atoms with van der Waals surface area (Å²) >= 11 is 6.00. The summed E-state index contributed by atoms with van der Waals surface area (Å²) in [5, 5.41) is 0. The standard InChI is InChI=1S/C32H34S.C8H8OS.C3H6/c1-6-25-7-11-28(23(4)17-25)12-8-26-9-15-31-29(18-26)13-14-30-19-27(10-16-32(30)31)21-33-20-24(5)22(2)3;9-5-7-1-3-8(6-10)4-2-7;1-3-2/h7-12,15-19H,2,5-6,13-14,20-21H2,1,3-4H3;1-5,10H,6H2;3H,1H2,2H3/b12-8+;;. The lowest BCUT2D eigenvalue weighted by atomic mass is 9.84. The average molecular weight is 645 g/mol. The predicted molar refractivity (Wildman–Crippen MR) is 209 cm³/mol. The number of thioether (sulfide) groups is 1. The zero-order valence-corrected chi connectivity index (χ0v) is 29.7. The number of allylic oxidation sites excluding steroid dienone is 2. The van der Waals surface area contributed by atoms with Crippen molar-refractivity contribution in [2.75, 3.05) is 5.75 Å². The van der Waals surface area contributed by atoms with Crippen LogP contribution in [0.15, 0.2) is 116 Å². The Balaban J connectivity index is 0.000000371. The van der Waals surface area contributed by atoms with E-state index < -0.39 is 0 Å². The molecular weight excluding hydrogens is 597 g/mol. The molecule has 0 heterocycles. The molecule has 0 fully saturated rings. The number of hydrogen-bond donors (Lipinski definition) is 1. The quantitative estimate of drug-likeness (QED) is 0.0608. The first-order valence-corrected chi connectivity index (χ1v) is 17.7. The van der Waals surface area contributed by atoms with Gasteiger partial charge in [-0.25, -0.2) is 0 Å². The highest BCUT2D eigenvalue weighted by Gasteiger charge is 2.16. The molecule has 4 aromatic carbocycles. The van der Waals surface area contributed by atoms with E-state index in [9.17, 15) is 4.79 Å². The summed E-state index contributed by atoms with van der Waals surface area (Å²) in [5.74, 6) is 2.70. The molecule has 0 N–H and O–H groups in total. The van der Waals surface area contributed by atoms with E-state index in [1.165, 1.54) is 50.1 Å². The molecule has 0 unspecified atom stereocenters. The second kappa shape index (κ2) is 19.0. The van der Waals surface area contributed by atoms with Crippen molar-refractivity contribution in [3.63, 3.8) is 0 Å². The van der Waals surface area contributed by atoms with Crippen molar-refractivity contribution in [3.05, 3.63) is 166 Å². The van der Waals surface area contributed by atoms with Crippen LogP contribution in [0.25, 0.3) is 23.3 Å². The first-order chi connectivity index (χ1) is 22.2. The van der Waals surface area contributed by atoms with E-state index >= 15 is 0 Å². The van der Waals surface area contributed by atoms with Gasteiger partial charge in [-0.05, 0) is 101 Å². The number of thiol groups is 1. The summed E-state index contributed by atoms with van der Waals surface area (Å²) in [6.07, 6.45) is 10.4. The van der Waals surface area contributed by atoms with Gasteiger partial charge < -0.3 is 0 Å². The molecule has 0 spiro atoms. The van der Waals surface area contributed by atoms with Crippen molar-refractivity contribution in [2.45, 2.75) is 58.5 Å². The van der Waals surface area contributed by atoms with E-state index in [4.69, 9.17) is 0 Å². The Hall–Kier alpha value is -3.79. The van der Waals surface area contributed by atoms with Gasteiger partial charge in [-0.3, -0.25) is 4.79 Å². The number of carbonyl (C=O) groups excluding carboxylic acids is 1. The molecule has 3 heteroatoms. The first kappa shape index (κ1) is 36.7. The van der Waals surface area contributed by atoms with Crippen molar-refractivity contribution >= 4 is 42.8 Å². The number of aryl methyl sites for hydroxylation is 4. The molecule has 1 aliphatic rings. The molecule has 0 saturated carbocycles. The predicted octanol–water partition coefficient (Wildman–Crippen LogP) is 12.0. The molecule has 0 bridgehead atoms. The van der Waals surface area contributed by atoms with E-state index in [1.807, 2.05) is 37.7 Å². The van der Waals surface area contributed by atoms with Gasteiger partial charge in [-0.1, -0.05) is 123 Å². The number of rotatable bonds is 10. The van der Waals surface area contributed by atoms with Crippen LogP contribution in [0.2, 0.25) is 0 Å². The lowest BCUT2D eigenvalue weighted by molar-refractivity contribution is 0.112. The fourth-order valence-electron chi connectivity index (χ4n) is 5.11. The van der Waals surface area contributed by atoms with Gasteiger partial charge in [0, 0.05) is 22.8 Å². The molecule has 46 heavy (non-hydrogen) atoms. The van der Waals surface area contributed by atoms with Gasteiger partial charge in [-0.15, -0.1) is 6.58 Å². The molecule has 0 aromatic heterocycles. The zero-order valence-electron chi connectivity index (χ0n) is 27.9. The summed E-state index contributed by atoms with van der Waals surface area (Å²) in [6, 6.07) is 28.1. The van der Waals surface area contributed by atoms with E-state index in [0.29, 0.717) is 5.56 Å². The largest absolute Gasteiger partial charge is 0.298 e. The minimum absolute atomic E-state index is 0.713. The Morgan fingerprint density at radius 2 is 1.41 bits per heavy atom. The van der Waals surface area contributed by atoms with Crippen molar-refractivity contribution in [1.29, 1.82) is 0 Å². The van der Waals surface area contributed by atoms with Gasteiger partial charge in [-0.2, -0.15) is 24.4 Å². The van der Waals surface area contributed by atoms with E-state index in [1.54, 1.807) is 18.2 Å². The fraction of sp³-hybridized carbons (Fsp3) is 0.233. The molecule has 0 saturated heterocycles. The maximum Gasteiger partial charge on any atom is 0.150 e. The van der Waals surface area contributed by atoms with Crippen LogP contribution >= 0.6 is 24.4 Å². The minimum atomic E-state index is 0.713. The number of carbonyl (C=O) groups is 1. The van der Waals surface area contributed by atoms with Crippen LogP contribution in [0.5, 0.6) is 0 Å². The van der Waals surface area contributed by atoms with Gasteiger partial charge in [0.05, 0.1) is 0 Å². The normalized spacial score (nSPS) is 11.2. The van der Waals surface area contributed by atoms with Crippen molar-refractivity contribution < 1.29 is 4.79 Å². The van der Waals surface area contributed by atoms with E-state index in [0.717, 1.165) is 59.5 Å². The van der Waals surface area contributed by atoms with Gasteiger partial charge in [0.25, 0.3) is 0 Å². The Morgan fingerprint density at radius 3 is 2.00 bits per heavy atom. The Bertz CT molecular complexity index is 1670. The lowest BCUT2D eigenvalue weighted by Gasteiger charge is -2.21. The van der Waals surface area contributed by atoms with Crippen LogP contribution in [-0.2, 0) is 30.8 Å². The first-order valence-electron chi connectivity index (χ1n) is 15.9. The smallest absolute Gasteiger partial charge is 0.150 e. The average Bonchev–Trinajstić information content (AvgIpc) is 3.08. The van der Waals surface area contributed by atoms with Crippen molar-refractivity contribution in [1.82, 2.24) is 0 Å². The summed E-state index contributed by atoms with van der Waals surface area (Å²) in [7, 11) is 0. The van der Waals surface area contributed by atoms with Crippen LogP contribution < -0.4 is 0 Å². The van der Waals surface area contributed by atoms with Gasteiger partial charge >= 0.3 is 0 Å². The fourth-order valence-corrected chi connectivity index (χ4v) is 6.33. The van der Waals surface area contributed by atoms with Crippen LogP contribution in [0.4, 0.5) is 0 Å². The Morgan fingerprint density at radius 1 is 0.826 bits per heavy atom. The van der Waals surface area contributed by atoms with Gasteiger partial charge in [0.15, 0.2) is 0 Å². The van der Waals surface area contributed by atoms with Gasteiger partial charge in [0.1, 0.15) is 6.29 Å². The molecule has 238 valence electrons. The number of benzene rings is 4. The number of hydrogen-bond acceptors (Lipinski definition) is 3. The van der Waals surface area contributed by atoms with Crippen molar-refractivity contribution in [2.24, 2.45) is 0 Å². The zero-order chi connectivity index (χ0) is 33.5. The van der Waals surface area contributed by atoms with Gasteiger partial charge in [0.2, 0.25) is 0 Å². The minimum Gasteiger partial charge on any atom is -0.298 e. The lowest BCUT2D eigenvalue weighted by Crippen LogP contribution is -2.05. The molecule has 0 atom stereocenters. The summed E-state index contributed by atoms with van der Waals surface area (Å²) in [6.45, 7) is 19.8.